The number of hydrogen-bond acceptors (Lipinski definition) is 4. The van der Waals surface area contributed by atoms with Crippen LogP contribution < -0.4 is 10.5 Å². The van der Waals surface area contributed by atoms with Gasteiger partial charge < -0.3 is 5.73 Å². The van der Waals surface area contributed by atoms with Crippen molar-refractivity contribution in [2.24, 2.45) is 5.73 Å². The summed E-state index contributed by atoms with van der Waals surface area (Å²) >= 11 is 1.24. The SMILES string of the molecule is NCc1csc(S(=O)(=O)NC2CCCCC2)c1. The molecule has 1 aromatic rings. The number of sulfonamides is 1. The lowest BCUT2D eigenvalue weighted by atomic mass is 9.96. The number of rotatable bonds is 4. The van der Waals surface area contributed by atoms with Crippen molar-refractivity contribution in [1.82, 2.24) is 4.72 Å². The smallest absolute Gasteiger partial charge is 0.250 e. The Balaban J connectivity index is 2.07. The summed E-state index contributed by atoms with van der Waals surface area (Å²) in [6, 6.07) is 1.77. The first-order chi connectivity index (χ1) is 8.12. The fourth-order valence-corrected chi connectivity index (χ4v) is 4.64. The van der Waals surface area contributed by atoms with Gasteiger partial charge in [0.2, 0.25) is 10.0 Å². The summed E-state index contributed by atoms with van der Waals surface area (Å²) in [6.45, 7) is 0.384. The molecule has 1 aliphatic carbocycles. The van der Waals surface area contributed by atoms with E-state index in [1.807, 2.05) is 0 Å². The minimum absolute atomic E-state index is 0.108. The van der Waals surface area contributed by atoms with E-state index >= 15 is 0 Å². The molecule has 0 bridgehead atoms. The van der Waals surface area contributed by atoms with Crippen LogP contribution in [0.3, 0.4) is 0 Å². The van der Waals surface area contributed by atoms with Crippen LogP contribution in [-0.4, -0.2) is 14.5 Å². The van der Waals surface area contributed by atoms with Gasteiger partial charge in [-0.1, -0.05) is 19.3 Å². The lowest BCUT2D eigenvalue weighted by molar-refractivity contribution is 0.412. The van der Waals surface area contributed by atoms with Crippen LogP contribution in [0.4, 0.5) is 0 Å². The molecule has 96 valence electrons. The van der Waals surface area contributed by atoms with Gasteiger partial charge in [0.25, 0.3) is 0 Å². The first-order valence-electron chi connectivity index (χ1n) is 5.91. The van der Waals surface area contributed by atoms with Gasteiger partial charge in [0.1, 0.15) is 4.21 Å². The van der Waals surface area contributed by atoms with Gasteiger partial charge in [-0.05, 0) is 29.9 Å². The van der Waals surface area contributed by atoms with Crippen molar-refractivity contribution in [2.45, 2.75) is 48.9 Å². The summed E-state index contributed by atoms with van der Waals surface area (Å²) in [5, 5.41) is 1.80. The Labute approximate surface area is 106 Å². The van der Waals surface area contributed by atoms with Crippen LogP contribution in [0.2, 0.25) is 0 Å². The van der Waals surface area contributed by atoms with Crippen LogP contribution in [-0.2, 0) is 16.6 Å². The lowest BCUT2D eigenvalue weighted by Gasteiger charge is -2.22. The van der Waals surface area contributed by atoms with E-state index in [1.165, 1.54) is 17.8 Å². The minimum atomic E-state index is -3.34. The number of hydrogen-bond donors (Lipinski definition) is 2. The maximum absolute atomic E-state index is 12.1. The van der Waals surface area contributed by atoms with E-state index in [0.29, 0.717) is 10.8 Å². The van der Waals surface area contributed by atoms with Gasteiger partial charge in [-0.25, -0.2) is 13.1 Å². The Bertz CT molecular complexity index is 462. The molecule has 1 fully saturated rings. The molecule has 0 aromatic carbocycles. The fourth-order valence-electron chi connectivity index (χ4n) is 2.10. The van der Waals surface area contributed by atoms with E-state index < -0.39 is 10.0 Å². The molecule has 3 N–H and O–H groups in total. The molecule has 4 nitrogen and oxygen atoms in total. The molecule has 0 aliphatic heterocycles. The lowest BCUT2D eigenvalue weighted by Crippen LogP contribution is -2.35. The molecule has 0 saturated heterocycles. The minimum Gasteiger partial charge on any atom is -0.326 e. The second-order valence-corrected chi connectivity index (χ2v) is 7.29. The average Bonchev–Trinajstić information content (AvgIpc) is 2.79. The summed E-state index contributed by atoms with van der Waals surface area (Å²) in [6.07, 6.45) is 5.36. The van der Waals surface area contributed by atoms with Crippen molar-refractivity contribution in [2.75, 3.05) is 0 Å². The van der Waals surface area contributed by atoms with Crippen molar-refractivity contribution < 1.29 is 8.42 Å². The summed E-state index contributed by atoms with van der Waals surface area (Å²) in [7, 11) is -3.34. The number of nitrogens with two attached hydrogens (primary N) is 1. The van der Waals surface area contributed by atoms with Crippen molar-refractivity contribution >= 4 is 21.4 Å². The largest absolute Gasteiger partial charge is 0.326 e. The van der Waals surface area contributed by atoms with Crippen molar-refractivity contribution in [1.29, 1.82) is 0 Å². The third kappa shape index (κ3) is 3.28. The van der Waals surface area contributed by atoms with Gasteiger partial charge >= 0.3 is 0 Å². The molecule has 1 saturated carbocycles. The maximum atomic E-state index is 12.1. The monoisotopic (exact) mass is 274 g/mol. The molecular formula is C11H18N2O2S2. The van der Waals surface area contributed by atoms with E-state index in [4.69, 9.17) is 5.73 Å². The first kappa shape index (κ1) is 13.0. The zero-order valence-corrected chi connectivity index (χ0v) is 11.3. The molecule has 0 spiro atoms. The zero-order valence-electron chi connectivity index (χ0n) is 9.69. The molecule has 17 heavy (non-hydrogen) atoms. The fraction of sp³-hybridized carbons (Fsp3) is 0.636. The molecule has 2 rings (SSSR count). The summed E-state index contributed by atoms with van der Waals surface area (Å²) < 4.78 is 27.3. The predicted octanol–water partition coefficient (Wildman–Crippen LogP) is 1.82. The highest BCUT2D eigenvalue weighted by atomic mass is 32.2. The topological polar surface area (TPSA) is 72.2 Å². The van der Waals surface area contributed by atoms with Gasteiger partial charge in [-0.15, -0.1) is 11.3 Å². The zero-order chi connectivity index (χ0) is 12.3. The van der Waals surface area contributed by atoms with Gasteiger partial charge in [-0.2, -0.15) is 0 Å². The van der Waals surface area contributed by atoms with Gasteiger partial charge in [-0.3, -0.25) is 0 Å². The van der Waals surface area contributed by atoms with Crippen LogP contribution in [0, 0.1) is 0 Å². The Hall–Kier alpha value is -0.430. The van der Waals surface area contributed by atoms with E-state index in [9.17, 15) is 8.42 Å². The molecule has 0 radical (unpaired) electrons. The molecular weight excluding hydrogens is 256 g/mol. The molecule has 0 unspecified atom stereocenters. The highest BCUT2D eigenvalue weighted by Crippen LogP contribution is 2.23. The van der Waals surface area contributed by atoms with Crippen molar-refractivity contribution in [3.05, 3.63) is 17.0 Å². The van der Waals surface area contributed by atoms with Crippen LogP contribution in [0.5, 0.6) is 0 Å². The van der Waals surface area contributed by atoms with Gasteiger partial charge in [0.05, 0.1) is 0 Å². The van der Waals surface area contributed by atoms with Gasteiger partial charge in [0, 0.05) is 12.6 Å². The van der Waals surface area contributed by atoms with E-state index in [0.717, 1.165) is 31.2 Å². The Morgan fingerprint density at radius 3 is 2.65 bits per heavy atom. The van der Waals surface area contributed by atoms with Crippen LogP contribution in [0.25, 0.3) is 0 Å². The predicted molar refractivity (Wildman–Crippen MR) is 69.4 cm³/mol. The standard InChI is InChI=1S/C11H18N2O2S2/c12-7-9-6-11(16-8-9)17(14,15)13-10-4-2-1-3-5-10/h6,8,10,13H,1-5,7,12H2. The molecule has 6 heteroatoms. The average molecular weight is 274 g/mol. The summed E-state index contributed by atoms with van der Waals surface area (Å²) in [5.74, 6) is 0. The Morgan fingerprint density at radius 2 is 2.06 bits per heavy atom. The van der Waals surface area contributed by atoms with Crippen molar-refractivity contribution in [3.8, 4) is 0 Å². The maximum Gasteiger partial charge on any atom is 0.250 e. The molecule has 1 aromatic heterocycles. The van der Waals surface area contributed by atoms with Crippen LogP contribution in [0.15, 0.2) is 15.7 Å². The third-order valence-corrected chi connectivity index (χ3v) is 6.07. The first-order valence-corrected chi connectivity index (χ1v) is 8.28. The molecule has 1 heterocycles. The quantitative estimate of drug-likeness (QED) is 0.879. The van der Waals surface area contributed by atoms with E-state index in [-0.39, 0.29) is 6.04 Å². The summed E-state index contributed by atoms with van der Waals surface area (Å²) in [4.78, 5) is 0. The second-order valence-electron chi connectivity index (χ2n) is 4.43. The number of nitrogens with one attached hydrogen (secondary N) is 1. The van der Waals surface area contributed by atoms with Crippen LogP contribution >= 0.6 is 11.3 Å². The molecule has 1 aliphatic rings. The van der Waals surface area contributed by atoms with Gasteiger partial charge in [0.15, 0.2) is 0 Å². The molecule has 0 atom stereocenters. The highest BCUT2D eigenvalue weighted by Gasteiger charge is 2.22. The Morgan fingerprint density at radius 1 is 1.35 bits per heavy atom. The van der Waals surface area contributed by atoms with E-state index in [2.05, 4.69) is 4.72 Å². The second kappa shape index (κ2) is 5.48. The highest BCUT2D eigenvalue weighted by molar-refractivity contribution is 7.91. The Kier molecular flexibility index (Phi) is 4.19. The molecule has 0 amide bonds. The number of thiophene rings is 1. The normalized spacial score (nSPS) is 18.4. The van der Waals surface area contributed by atoms with Crippen LogP contribution in [0.1, 0.15) is 37.7 Å². The summed E-state index contributed by atoms with van der Waals surface area (Å²) in [5.41, 5.74) is 6.36. The van der Waals surface area contributed by atoms with E-state index in [1.54, 1.807) is 11.4 Å². The third-order valence-electron chi connectivity index (χ3n) is 3.06. The van der Waals surface area contributed by atoms with Crippen molar-refractivity contribution in [3.63, 3.8) is 0 Å².